The third-order valence-corrected chi connectivity index (χ3v) is 2.89. The Labute approximate surface area is 118 Å². The van der Waals surface area contributed by atoms with Gasteiger partial charge in [-0.1, -0.05) is 12.1 Å². The number of benzene rings is 1. The summed E-state index contributed by atoms with van der Waals surface area (Å²) < 4.78 is 74.5. The molecule has 21 heavy (non-hydrogen) atoms. The molecule has 116 valence electrons. The van der Waals surface area contributed by atoms with Gasteiger partial charge in [0.05, 0.1) is 12.7 Å². The number of ether oxygens (including phenoxy) is 2. The lowest BCUT2D eigenvalue weighted by Gasteiger charge is -2.38. The van der Waals surface area contributed by atoms with Gasteiger partial charge in [0.25, 0.3) is 0 Å². The highest BCUT2D eigenvalue weighted by molar-refractivity contribution is 5.35. The van der Waals surface area contributed by atoms with Crippen molar-refractivity contribution in [3.05, 3.63) is 41.5 Å². The SMILES string of the molecule is CC(C)Oc1ccc(COC2(F)C(F)=C(F)C2(F)F)cc1. The van der Waals surface area contributed by atoms with Crippen LogP contribution in [0.4, 0.5) is 22.0 Å². The first-order valence-corrected chi connectivity index (χ1v) is 6.21. The van der Waals surface area contributed by atoms with Crippen molar-refractivity contribution in [3.63, 3.8) is 0 Å². The van der Waals surface area contributed by atoms with Crippen LogP contribution in [0, 0.1) is 0 Å². The van der Waals surface area contributed by atoms with Crippen molar-refractivity contribution in [3.8, 4) is 5.75 Å². The van der Waals surface area contributed by atoms with Gasteiger partial charge in [0.15, 0.2) is 0 Å². The molecule has 7 heteroatoms. The van der Waals surface area contributed by atoms with Gasteiger partial charge < -0.3 is 9.47 Å². The molecule has 1 aromatic carbocycles. The second-order valence-corrected chi connectivity index (χ2v) is 4.90. The average Bonchev–Trinajstić information content (AvgIpc) is 2.43. The van der Waals surface area contributed by atoms with Crippen molar-refractivity contribution in [2.75, 3.05) is 0 Å². The Kier molecular flexibility index (Phi) is 3.97. The Morgan fingerprint density at radius 2 is 1.57 bits per heavy atom. The molecule has 0 aromatic heterocycles. The second kappa shape index (κ2) is 5.29. The molecule has 0 saturated carbocycles. The summed E-state index contributed by atoms with van der Waals surface area (Å²) in [5, 5.41) is 0. The molecule has 0 N–H and O–H groups in total. The number of rotatable bonds is 5. The van der Waals surface area contributed by atoms with E-state index in [1.54, 1.807) is 0 Å². The second-order valence-electron chi connectivity index (χ2n) is 4.90. The summed E-state index contributed by atoms with van der Waals surface area (Å²) in [7, 11) is 0. The quantitative estimate of drug-likeness (QED) is 0.748. The fourth-order valence-electron chi connectivity index (χ4n) is 1.77. The predicted octanol–water partition coefficient (Wildman–Crippen LogP) is 4.46. The largest absolute Gasteiger partial charge is 0.491 e. The molecule has 1 atom stereocenters. The van der Waals surface area contributed by atoms with Crippen molar-refractivity contribution >= 4 is 0 Å². The summed E-state index contributed by atoms with van der Waals surface area (Å²) >= 11 is 0. The molecular weight excluding hydrogens is 295 g/mol. The van der Waals surface area contributed by atoms with E-state index in [1.807, 2.05) is 13.8 Å². The Hall–Kier alpha value is -1.63. The normalized spacial score (nSPS) is 24.2. The molecule has 1 aliphatic carbocycles. The van der Waals surface area contributed by atoms with Gasteiger partial charge in [0, 0.05) is 0 Å². The van der Waals surface area contributed by atoms with Crippen LogP contribution in [-0.2, 0) is 11.3 Å². The topological polar surface area (TPSA) is 18.5 Å². The van der Waals surface area contributed by atoms with Crippen LogP contribution in [0.25, 0.3) is 0 Å². The molecular formula is C14H13F5O2. The standard InChI is InChI=1S/C14H13F5O2/c1-8(2)21-10-5-3-9(4-6-10)7-20-14(19)12(16)11(15)13(14,17)18/h3-6,8H,7H2,1-2H3. The minimum Gasteiger partial charge on any atom is -0.491 e. The fraction of sp³-hybridized carbons (Fsp3) is 0.429. The maximum Gasteiger partial charge on any atom is 0.365 e. The Morgan fingerprint density at radius 1 is 1.00 bits per heavy atom. The number of alkyl halides is 3. The van der Waals surface area contributed by atoms with Crippen LogP contribution in [0.1, 0.15) is 19.4 Å². The van der Waals surface area contributed by atoms with Crippen LogP contribution >= 0.6 is 0 Å². The van der Waals surface area contributed by atoms with Gasteiger partial charge >= 0.3 is 11.8 Å². The van der Waals surface area contributed by atoms with E-state index in [0.29, 0.717) is 11.3 Å². The molecule has 2 rings (SSSR count). The first kappa shape index (κ1) is 15.8. The molecule has 1 unspecified atom stereocenters. The Bertz CT molecular complexity index is 553. The smallest absolute Gasteiger partial charge is 0.365 e. The maximum atomic E-state index is 13.6. The van der Waals surface area contributed by atoms with Gasteiger partial charge in [0.2, 0.25) is 11.7 Å². The lowest BCUT2D eigenvalue weighted by atomic mass is 9.95. The lowest BCUT2D eigenvalue weighted by molar-refractivity contribution is -0.288. The van der Waals surface area contributed by atoms with E-state index in [2.05, 4.69) is 4.74 Å². The molecule has 0 aliphatic heterocycles. The summed E-state index contributed by atoms with van der Waals surface area (Å²) in [6.07, 6.45) is -0.0444. The lowest BCUT2D eigenvalue weighted by Crippen LogP contribution is -2.56. The van der Waals surface area contributed by atoms with Crippen molar-refractivity contribution < 1.29 is 31.4 Å². The van der Waals surface area contributed by atoms with E-state index in [9.17, 15) is 22.0 Å². The molecule has 0 bridgehead atoms. The predicted molar refractivity (Wildman–Crippen MR) is 65.0 cm³/mol. The van der Waals surface area contributed by atoms with E-state index < -0.39 is 30.0 Å². The molecule has 2 nitrogen and oxygen atoms in total. The molecule has 0 spiro atoms. The highest BCUT2D eigenvalue weighted by atomic mass is 19.3. The van der Waals surface area contributed by atoms with E-state index in [0.717, 1.165) is 0 Å². The first-order valence-electron chi connectivity index (χ1n) is 6.21. The highest BCUT2D eigenvalue weighted by Crippen LogP contribution is 2.56. The fourth-order valence-corrected chi connectivity index (χ4v) is 1.77. The van der Waals surface area contributed by atoms with Crippen LogP contribution in [0.15, 0.2) is 35.9 Å². The van der Waals surface area contributed by atoms with Crippen LogP contribution in [0.2, 0.25) is 0 Å². The van der Waals surface area contributed by atoms with Crippen LogP contribution in [0.5, 0.6) is 5.75 Å². The Balaban J connectivity index is 2.01. The molecule has 0 heterocycles. The van der Waals surface area contributed by atoms with Gasteiger partial charge in [-0.2, -0.15) is 13.2 Å². The molecule has 1 aromatic rings. The van der Waals surface area contributed by atoms with Crippen LogP contribution in [-0.4, -0.2) is 17.9 Å². The average molecular weight is 308 g/mol. The van der Waals surface area contributed by atoms with E-state index >= 15 is 0 Å². The third kappa shape index (κ3) is 2.62. The molecule has 1 aliphatic rings. The van der Waals surface area contributed by atoms with Crippen molar-refractivity contribution in [1.29, 1.82) is 0 Å². The van der Waals surface area contributed by atoms with Gasteiger partial charge in [0.1, 0.15) is 5.75 Å². The summed E-state index contributed by atoms with van der Waals surface area (Å²) in [6, 6.07) is 5.98. The molecule has 0 fully saturated rings. The molecule has 0 amide bonds. The zero-order chi connectivity index (χ0) is 15.8. The molecule has 0 radical (unpaired) electrons. The van der Waals surface area contributed by atoms with Gasteiger partial charge in [-0.25, -0.2) is 8.78 Å². The van der Waals surface area contributed by atoms with E-state index in [-0.39, 0.29) is 6.10 Å². The monoisotopic (exact) mass is 308 g/mol. The minimum atomic E-state index is -4.60. The minimum absolute atomic E-state index is 0.0444. The van der Waals surface area contributed by atoms with Crippen molar-refractivity contribution in [1.82, 2.24) is 0 Å². The summed E-state index contributed by atoms with van der Waals surface area (Å²) in [6.45, 7) is 3.02. The number of hydrogen-bond acceptors (Lipinski definition) is 2. The summed E-state index contributed by atoms with van der Waals surface area (Å²) in [5.74, 6) is -12.7. The van der Waals surface area contributed by atoms with Crippen molar-refractivity contribution in [2.24, 2.45) is 0 Å². The number of halogens is 5. The van der Waals surface area contributed by atoms with E-state index in [1.165, 1.54) is 24.3 Å². The van der Waals surface area contributed by atoms with Gasteiger partial charge in [-0.3, -0.25) is 0 Å². The zero-order valence-electron chi connectivity index (χ0n) is 11.3. The van der Waals surface area contributed by atoms with Gasteiger partial charge in [-0.05, 0) is 31.5 Å². The highest BCUT2D eigenvalue weighted by Gasteiger charge is 2.74. The number of hydrogen-bond donors (Lipinski definition) is 0. The van der Waals surface area contributed by atoms with E-state index in [4.69, 9.17) is 4.74 Å². The molecule has 0 saturated heterocycles. The third-order valence-electron chi connectivity index (χ3n) is 2.89. The van der Waals surface area contributed by atoms with Crippen molar-refractivity contribution in [2.45, 2.75) is 38.3 Å². The summed E-state index contributed by atoms with van der Waals surface area (Å²) in [4.78, 5) is 0. The summed E-state index contributed by atoms with van der Waals surface area (Å²) in [5.41, 5.74) is 0.319. The zero-order valence-corrected chi connectivity index (χ0v) is 11.3. The first-order chi connectivity index (χ1) is 9.68. The van der Waals surface area contributed by atoms with Crippen LogP contribution < -0.4 is 4.74 Å². The Morgan fingerprint density at radius 3 is 2.05 bits per heavy atom. The van der Waals surface area contributed by atoms with Crippen LogP contribution in [0.3, 0.4) is 0 Å². The van der Waals surface area contributed by atoms with Gasteiger partial charge in [-0.15, -0.1) is 0 Å². The maximum absolute atomic E-state index is 13.6.